The van der Waals surface area contributed by atoms with Crippen molar-refractivity contribution in [2.75, 3.05) is 23.8 Å². The first-order chi connectivity index (χ1) is 33.4. The number of phenols is 2. The van der Waals surface area contributed by atoms with Crippen molar-refractivity contribution in [1.29, 1.82) is 0 Å². The SMILES string of the molecule is CC1CCC(C(C)C)C(OCC(=O)N(Cc2ccc(NCc3cc(O)c(O)cc3[N+](=O)[O-])cc2)C(Oc2cccc(CNc3ccc(CNC(=O)COC4CCCC(C)C4C(C)C)cc3)c2)C(=O)O)C1. The predicted molar refractivity (Wildman–Crippen MR) is 267 cm³/mol. The Morgan fingerprint density at radius 3 is 2.07 bits per heavy atom. The molecule has 16 heteroatoms. The molecular weight excluding hydrogens is 895 g/mol. The third-order valence-electron chi connectivity index (χ3n) is 13.9. The van der Waals surface area contributed by atoms with Crippen LogP contribution in [0.3, 0.4) is 0 Å². The number of carboxylic acid groups (broad SMARTS) is 1. The number of hydrogen-bond acceptors (Lipinski definition) is 12. The number of nitro benzene ring substituents is 1. The highest BCUT2D eigenvalue weighted by Crippen LogP contribution is 2.38. The van der Waals surface area contributed by atoms with Crippen molar-refractivity contribution in [3.05, 3.63) is 117 Å². The second-order valence-electron chi connectivity index (χ2n) is 19.8. The summed E-state index contributed by atoms with van der Waals surface area (Å²) in [6.07, 6.45) is 4.39. The molecule has 378 valence electrons. The van der Waals surface area contributed by atoms with E-state index in [9.17, 15) is 39.8 Å². The number of nitrogens with zero attached hydrogens (tertiary/aromatic N) is 2. The van der Waals surface area contributed by atoms with Crippen LogP contribution in [0.25, 0.3) is 0 Å². The van der Waals surface area contributed by atoms with Gasteiger partial charge in [-0.15, -0.1) is 0 Å². The van der Waals surface area contributed by atoms with E-state index in [1.807, 2.05) is 30.3 Å². The Bertz CT molecular complexity index is 2380. The number of aliphatic carboxylic acids is 1. The van der Waals surface area contributed by atoms with Crippen molar-refractivity contribution >= 4 is 34.8 Å². The van der Waals surface area contributed by atoms with Gasteiger partial charge in [0.05, 0.1) is 28.8 Å². The van der Waals surface area contributed by atoms with Gasteiger partial charge in [-0.2, -0.15) is 0 Å². The molecule has 4 aromatic carbocycles. The number of aromatic hydroxyl groups is 2. The van der Waals surface area contributed by atoms with E-state index >= 15 is 0 Å². The van der Waals surface area contributed by atoms with Gasteiger partial charge >= 0.3 is 5.97 Å². The van der Waals surface area contributed by atoms with Gasteiger partial charge in [-0.1, -0.05) is 97.2 Å². The summed E-state index contributed by atoms with van der Waals surface area (Å²) in [6, 6.07) is 23.5. The third kappa shape index (κ3) is 14.8. The first kappa shape index (κ1) is 53.0. The molecule has 0 radical (unpaired) electrons. The minimum Gasteiger partial charge on any atom is -0.504 e. The molecule has 4 aromatic rings. The molecule has 7 atom stereocenters. The first-order valence-electron chi connectivity index (χ1n) is 24.6. The van der Waals surface area contributed by atoms with Crippen molar-refractivity contribution in [3.63, 3.8) is 0 Å². The lowest BCUT2D eigenvalue weighted by molar-refractivity contribution is -0.385. The van der Waals surface area contributed by atoms with Gasteiger partial charge in [0, 0.05) is 37.6 Å². The molecule has 6 N–H and O–H groups in total. The highest BCUT2D eigenvalue weighted by Gasteiger charge is 2.36. The van der Waals surface area contributed by atoms with Crippen LogP contribution in [0.4, 0.5) is 17.1 Å². The Morgan fingerprint density at radius 2 is 1.41 bits per heavy atom. The zero-order valence-corrected chi connectivity index (χ0v) is 41.3. The second-order valence-corrected chi connectivity index (χ2v) is 19.8. The van der Waals surface area contributed by atoms with Gasteiger partial charge < -0.3 is 45.5 Å². The lowest BCUT2D eigenvalue weighted by atomic mass is 9.72. The van der Waals surface area contributed by atoms with Crippen molar-refractivity contribution in [3.8, 4) is 17.2 Å². The van der Waals surface area contributed by atoms with Gasteiger partial charge in [-0.25, -0.2) is 4.79 Å². The molecule has 0 bridgehead atoms. The van der Waals surface area contributed by atoms with Gasteiger partial charge in [0.15, 0.2) is 11.5 Å². The molecule has 0 saturated heterocycles. The van der Waals surface area contributed by atoms with E-state index in [1.54, 1.807) is 42.5 Å². The summed E-state index contributed by atoms with van der Waals surface area (Å²) in [4.78, 5) is 52.1. The molecule has 16 nitrogen and oxygen atoms in total. The fourth-order valence-corrected chi connectivity index (χ4v) is 10.1. The van der Waals surface area contributed by atoms with E-state index in [0.717, 1.165) is 66.0 Å². The summed E-state index contributed by atoms with van der Waals surface area (Å²) in [5.74, 6) is -0.355. The van der Waals surface area contributed by atoms with E-state index in [2.05, 4.69) is 57.5 Å². The maximum Gasteiger partial charge on any atom is 0.366 e. The number of ether oxygens (including phenoxy) is 3. The largest absolute Gasteiger partial charge is 0.504 e. The second kappa shape index (κ2) is 24.9. The van der Waals surface area contributed by atoms with Crippen molar-refractivity contribution < 1.29 is 48.8 Å². The van der Waals surface area contributed by atoms with Crippen molar-refractivity contribution in [2.24, 2.45) is 35.5 Å². The number of benzene rings is 4. The molecule has 2 fully saturated rings. The Morgan fingerprint density at radius 1 is 0.757 bits per heavy atom. The average molecular weight is 966 g/mol. The number of nitro groups is 1. The molecule has 6 rings (SSSR count). The number of rotatable bonds is 23. The van der Waals surface area contributed by atoms with Crippen molar-refractivity contribution in [1.82, 2.24) is 10.2 Å². The number of carboxylic acids is 1. The van der Waals surface area contributed by atoms with Crippen LogP contribution in [0.1, 0.15) is 102 Å². The third-order valence-corrected chi connectivity index (χ3v) is 13.9. The summed E-state index contributed by atoms with van der Waals surface area (Å²) in [6.45, 7) is 13.5. The van der Waals surface area contributed by atoms with Crippen LogP contribution >= 0.6 is 0 Å². The molecule has 2 aliphatic carbocycles. The Kier molecular flexibility index (Phi) is 18.9. The number of hydrogen-bond donors (Lipinski definition) is 6. The van der Waals surface area contributed by atoms with Crippen LogP contribution in [-0.4, -0.2) is 74.6 Å². The summed E-state index contributed by atoms with van der Waals surface area (Å²) < 4.78 is 18.6. The van der Waals surface area contributed by atoms with Gasteiger partial charge in [0.25, 0.3) is 17.8 Å². The smallest absolute Gasteiger partial charge is 0.366 e. The van der Waals surface area contributed by atoms with Gasteiger partial charge in [0.2, 0.25) is 5.91 Å². The maximum atomic E-state index is 14.2. The van der Waals surface area contributed by atoms with Crippen LogP contribution in [0.5, 0.6) is 17.2 Å². The summed E-state index contributed by atoms with van der Waals surface area (Å²) in [5, 5.41) is 51.4. The number of anilines is 2. The number of nitrogens with one attached hydrogen (secondary N) is 3. The highest BCUT2D eigenvalue weighted by molar-refractivity contribution is 5.84. The van der Waals surface area contributed by atoms with Crippen LogP contribution in [-0.2, 0) is 50.0 Å². The topological polar surface area (TPSA) is 222 Å². The molecule has 0 spiro atoms. The first-order valence-corrected chi connectivity index (χ1v) is 24.6. The lowest BCUT2D eigenvalue weighted by Gasteiger charge is -2.38. The van der Waals surface area contributed by atoms with E-state index in [1.165, 1.54) is 6.42 Å². The molecule has 2 saturated carbocycles. The highest BCUT2D eigenvalue weighted by atomic mass is 16.6. The van der Waals surface area contributed by atoms with Crippen LogP contribution in [0, 0.1) is 45.6 Å². The summed E-state index contributed by atoms with van der Waals surface area (Å²) >= 11 is 0. The van der Waals surface area contributed by atoms with E-state index in [4.69, 9.17) is 14.2 Å². The molecule has 7 unspecified atom stereocenters. The Labute approximate surface area is 411 Å². The number of amides is 2. The predicted octanol–water partition coefficient (Wildman–Crippen LogP) is 9.62. The molecular formula is C54H71N5O11. The summed E-state index contributed by atoms with van der Waals surface area (Å²) in [7, 11) is 0. The number of carbonyl (C=O) groups excluding carboxylic acids is 2. The normalized spacial score (nSPS) is 20.6. The Hall–Kier alpha value is -6.39. The molecule has 2 amide bonds. The van der Waals surface area contributed by atoms with Crippen LogP contribution < -0.4 is 20.7 Å². The standard InChI is InChI=1S/C54H71N5O11/c1-33(2)44-22-13-35(5)23-49(44)69-32-51(63)58(30-38-16-20-42(21-17-38)56-29-40-25-46(60)47(61)26-45(40)59(66)67)53(54(64)65)70-43-11-8-10-39(24-43)28-55-41-18-14-37(15-19-41)27-57-50(62)31-68-48-12-7-9-36(6)52(48)34(3)4/h8,10-11,14-21,24-26,33-36,44,48-49,52-53,55-56,60-61H,7,9,12-13,22-23,27-32H2,1-6H3,(H,57,62)(H,64,65). The monoisotopic (exact) mass is 966 g/mol. The van der Waals surface area contributed by atoms with E-state index in [0.29, 0.717) is 53.9 Å². The minimum atomic E-state index is -1.72. The molecule has 0 aliphatic heterocycles. The quantitative estimate of drug-likeness (QED) is 0.0177. The maximum absolute atomic E-state index is 14.2. The van der Waals surface area contributed by atoms with Crippen LogP contribution in [0.15, 0.2) is 84.9 Å². The number of phenolic OH excluding ortho intramolecular Hbond substituents is 2. The number of carbonyl (C=O) groups is 3. The van der Waals surface area contributed by atoms with Gasteiger partial charge in [-0.05, 0) is 114 Å². The minimum absolute atomic E-state index is 0.0424. The zero-order chi connectivity index (χ0) is 50.5. The van der Waals surface area contributed by atoms with E-state index < -0.39 is 34.5 Å². The fraction of sp³-hybridized carbons (Fsp3) is 0.500. The zero-order valence-electron chi connectivity index (χ0n) is 41.3. The Balaban J connectivity index is 1.09. The van der Waals surface area contributed by atoms with Crippen LogP contribution in [0.2, 0.25) is 0 Å². The average Bonchev–Trinajstić information content (AvgIpc) is 3.33. The van der Waals surface area contributed by atoms with Gasteiger partial charge in [-0.3, -0.25) is 24.6 Å². The summed E-state index contributed by atoms with van der Waals surface area (Å²) in [5.41, 5.74) is 3.49. The molecule has 70 heavy (non-hydrogen) atoms. The fourth-order valence-electron chi connectivity index (χ4n) is 10.1. The van der Waals surface area contributed by atoms with Gasteiger partial charge in [0.1, 0.15) is 19.0 Å². The molecule has 2 aliphatic rings. The van der Waals surface area contributed by atoms with Crippen molar-refractivity contribution in [2.45, 2.75) is 125 Å². The lowest BCUT2D eigenvalue weighted by Crippen LogP contribution is -2.50. The molecule has 0 aromatic heterocycles. The van der Waals surface area contributed by atoms with E-state index in [-0.39, 0.29) is 67.3 Å². The molecule has 0 heterocycles.